The molecule has 2 aromatic heterocycles. The minimum absolute atomic E-state index is 0.179. The third-order valence-electron chi connectivity index (χ3n) is 3.15. The van der Waals surface area contributed by atoms with Crippen LogP contribution >= 0.6 is 11.6 Å². The molecule has 0 atom stereocenters. The van der Waals surface area contributed by atoms with Crippen LogP contribution in [0, 0.1) is 0 Å². The molecule has 0 spiro atoms. The Hall–Kier alpha value is -2.33. The number of nitrogens with zero attached hydrogens (tertiary/aromatic N) is 1. The van der Waals surface area contributed by atoms with E-state index in [2.05, 4.69) is 9.97 Å². The molecular formula is C16H13ClN2O2. The SMILES string of the molecule is O=C(Cc1cnc2[nH]ccc2c1)OCc1ccccc1Cl. The molecule has 5 heteroatoms. The van der Waals surface area contributed by atoms with Crippen molar-refractivity contribution in [2.45, 2.75) is 13.0 Å². The van der Waals surface area contributed by atoms with Crippen LogP contribution in [0.25, 0.3) is 11.0 Å². The lowest BCUT2D eigenvalue weighted by molar-refractivity contribution is -0.144. The highest BCUT2D eigenvalue weighted by atomic mass is 35.5. The summed E-state index contributed by atoms with van der Waals surface area (Å²) in [5.41, 5.74) is 2.43. The zero-order chi connectivity index (χ0) is 14.7. The molecule has 0 saturated heterocycles. The lowest BCUT2D eigenvalue weighted by atomic mass is 10.2. The van der Waals surface area contributed by atoms with Gasteiger partial charge in [-0.3, -0.25) is 4.79 Å². The van der Waals surface area contributed by atoms with Gasteiger partial charge in [0.05, 0.1) is 6.42 Å². The van der Waals surface area contributed by atoms with Crippen molar-refractivity contribution in [2.75, 3.05) is 0 Å². The van der Waals surface area contributed by atoms with Gasteiger partial charge in [-0.1, -0.05) is 29.8 Å². The van der Waals surface area contributed by atoms with Crippen molar-refractivity contribution in [1.29, 1.82) is 0 Å². The fourth-order valence-electron chi connectivity index (χ4n) is 2.07. The summed E-state index contributed by atoms with van der Waals surface area (Å²) < 4.78 is 5.25. The molecule has 0 saturated carbocycles. The van der Waals surface area contributed by atoms with Gasteiger partial charge < -0.3 is 9.72 Å². The van der Waals surface area contributed by atoms with Gasteiger partial charge in [-0.15, -0.1) is 0 Å². The van der Waals surface area contributed by atoms with E-state index in [1.54, 1.807) is 12.3 Å². The van der Waals surface area contributed by atoms with E-state index in [1.807, 2.05) is 36.5 Å². The Bertz CT molecular complexity index is 783. The minimum atomic E-state index is -0.299. The molecular weight excluding hydrogens is 288 g/mol. The molecule has 1 N–H and O–H groups in total. The van der Waals surface area contributed by atoms with Crippen LogP contribution in [0.2, 0.25) is 5.02 Å². The van der Waals surface area contributed by atoms with Gasteiger partial charge in [0.25, 0.3) is 0 Å². The largest absolute Gasteiger partial charge is 0.460 e. The first-order valence-electron chi connectivity index (χ1n) is 6.53. The number of esters is 1. The summed E-state index contributed by atoms with van der Waals surface area (Å²) in [5, 5.41) is 1.58. The average molecular weight is 301 g/mol. The van der Waals surface area contributed by atoms with Crippen LogP contribution < -0.4 is 0 Å². The first-order chi connectivity index (χ1) is 10.2. The number of pyridine rings is 1. The van der Waals surface area contributed by atoms with Gasteiger partial charge in [-0.2, -0.15) is 0 Å². The molecule has 3 rings (SSSR count). The lowest BCUT2D eigenvalue weighted by Gasteiger charge is -2.06. The molecule has 1 aromatic carbocycles. The van der Waals surface area contributed by atoms with Gasteiger partial charge in [-0.25, -0.2) is 4.98 Å². The Morgan fingerprint density at radius 1 is 1.29 bits per heavy atom. The summed E-state index contributed by atoms with van der Waals surface area (Å²) >= 11 is 6.02. The van der Waals surface area contributed by atoms with E-state index >= 15 is 0 Å². The first-order valence-corrected chi connectivity index (χ1v) is 6.91. The number of ether oxygens (including phenoxy) is 1. The molecule has 0 radical (unpaired) electrons. The monoisotopic (exact) mass is 300 g/mol. The van der Waals surface area contributed by atoms with E-state index in [9.17, 15) is 4.79 Å². The number of carbonyl (C=O) groups excluding carboxylic acids is 1. The Morgan fingerprint density at radius 3 is 3.00 bits per heavy atom. The van der Waals surface area contributed by atoms with Crippen LogP contribution in [-0.4, -0.2) is 15.9 Å². The van der Waals surface area contributed by atoms with E-state index < -0.39 is 0 Å². The van der Waals surface area contributed by atoms with E-state index in [-0.39, 0.29) is 19.0 Å². The van der Waals surface area contributed by atoms with Crippen LogP contribution in [0.4, 0.5) is 0 Å². The van der Waals surface area contributed by atoms with E-state index in [0.717, 1.165) is 22.2 Å². The summed E-state index contributed by atoms with van der Waals surface area (Å²) in [5.74, 6) is -0.299. The van der Waals surface area contributed by atoms with Crippen molar-refractivity contribution in [3.63, 3.8) is 0 Å². The predicted molar refractivity (Wildman–Crippen MR) is 81.0 cm³/mol. The fourth-order valence-corrected chi connectivity index (χ4v) is 2.26. The maximum absolute atomic E-state index is 11.9. The highest BCUT2D eigenvalue weighted by molar-refractivity contribution is 6.31. The van der Waals surface area contributed by atoms with Crippen LogP contribution in [0.3, 0.4) is 0 Å². The quantitative estimate of drug-likeness (QED) is 0.750. The van der Waals surface area contributed by atoms with Crippen LogP contribution in [0.1, 0.15) is 11.1 Å². The summed E-state index contributed by atoms with van der Waals surface area (Å²) in [7, 11) is 0. The molecule has 4 nitrogen and oxygen atoms in total. The van der Waals surface area contributed by atoms with Crippen molar-refractivity contribution >= 4 is 28.6 Å². The number of hydrogen-bond acceptors (Lipinski definition) is 3. The third kappa shape index (κ3) is 3.23. The molecule has 0 unspecified atom stereocenters. The average Bonchev–Trinajstić information content (AvgIpc) is 2.94. The van der Waals surface area contributed by atoms with Gasteiger partial charge >= 0.3 is 5.97 Å². The number of nitrogens with one attached hydrogen (secondary N) is 1. The highest BCUT2D eigenvalue weighted by Crippen LogP contribution is 2.16. The van der Waals surface area contributed by atoms with Gasteiger partial charge in [-0.05, 0) is 23.8 Å². The number of aromatic amines is 1. The second kappa shape index (κ2) is 5.97. The summed E-state index contributed by atoms with van der Waals surface area (Å²) in [4.78, 5) is 19.1. The van der Waals surface area contributed by atoms with Crippen molar-refractivity contribution in [1.82, 2.24) is 9.97 Å². The Balaban J connectivity index is 1.62. The third-order valence-corrected chi connectivity index (χ3v) is 3.52. The maximum Gasteiger partial charge on any atom is 0.310 e. The van der Waals surface area contributed by atoms with E-state index in [4.69, 9.17) is 16.3 Å². The van der Waals surface area contributed by atoms with Crippen molar-refractivity contribution in [3.05, 3.63) is 64.9 Å². The van der Waals surface area contributed by atoms with Crippen LogP contribution in [0.5, 0.6) is 0 Å². The second-order valence-corrected chi connectivity index (χ2v) is 5.10. The van der Waals surface area contributed by atoms with Gasteiger partial charge in [0.2, 0.25) is 0 Å². The number of halogens is 1. The molecule has 0 bridgehead atoms. The molecule has 3 aromatic rings. The number of aromatic nitrogens is 2. The normalized spacial score (nSPS) is 10.7. The van der Waals surface area contributed by atoms with Crippen molar-refractivity contribution < 1.29 is 9.53 Å². The molecule has 0 aliphatic heterocycles. The van der Waals surface area contributed by atoms with Gasteiger partial charge in [0.1, 0.15) is 12.3 Å². The molecule has 21 heavy (non-hydrogen) atoms. The van der Waals surface area contributed by atoms with Crippen molar-refractivity contribution in [2.24, 2.45) is 0 Å². The molecule has 106 valence electrons. The number of hydrogen-bond donors (Lipinski definition) is 1. The van der Waals surface area contributed by atoms with Gasteiger partial charge in [0.15, 0.2) is 0 Å². The molecule has 0 amide bonds. The lowest BCUT2D eigenvalue weighted by Crippen LogP contribution is -2.08. The molecule has 0 aliphatic carbocycles. The number of carbonyl (C=O) groups is 1. The summed E-state index contributed by atoms with van der Waals surface area (Å²) in [6.45, 7) is 0.179. The van der Waals surface area contributed by atoms with Crippen LogP contribution in [0.15, 0.2) is 48.8 Å². The molecule has 0 fully saturated rings. The number of H-pyrrole nitrogens is 1. The first kappa shape index (κ1) is 13.6. The second-order valence-electron chi connectivity index (χ2n) is 4.69. The maximum atomic E-state index is 11.9. The standard InChI is InChI=1S/C16H13ClN2O2/c17-14-4-2-1-3-13(14)10-21-15(20)8-11-7-12-5-6-18-16(12)19-9-11/h1-7,9H,8,10H2,(H,18,19). The fraction of sp³-hybridized carbons (Fsp3) is 0.125. The number of fused-ring (bicyclic) bond motifs is 1. The summed E-state index contributed by atoms with van der Waals surface area (Å²) in [6.07, 6.45) is 3.69. The zero-order valence-electron chi connectivity index (χ0n) is 11.2. The Labute approximate surface area is 126 Å². The van der Waals surface area contributed by atoms with E-state index in [1.165, 1.54) is 0 Å². The predicted octanol–water partition coefficient (Wildman–Crippen LogP) is 3.50. The number of rotatable bonds is 4. The van der Waals surface area contributed by atoms with Gasteiger partial charge in [0, 0.05) is 28.4 Å². The van der Waals surface area contributed by atoms with Crippen molar-refractivity contribution in [3.8, 4) is 0 Å². The highest BCUT2D eigenvalue weighted by Gasteiger charge is 2.08. The number of benzene rings is 1. The smallest absolute Gasteiger partial charge is 0.310 e. The Kier molecular flexibility index (Phi) is 3.88. The topological polar surface area (TPSA) is 55.0 Å². The van der Waals surface area contributed by atoms with Crippen LogP contribution in [-0.2, 0) is 22.6 Å². The van der Waals surface area contributed by atoms with E-state index in [0.29, 0.717) is 5.02 Å². The zero-order valence-corrected chi connectivity index (χ0v) is 11.9. The molecule has 2 heterocycles. The minimum Gasteiger partial charge on any atom is -0.460 e. The molecule has 0 aliphatic rings. The Morgan fingerprint density at radius 2 is 2.14 bits per heavy atom. The summed E-state index contributed by atoms with van der Waals surface area (Å²) in [6, 6.07) is 11.2.